The van der Waals surface area contributed by atoms with Crippen molar-refractivity contribution >= 4 is 30.7 Å². The monoisotopic (exact) mass is 297 g/mol. The molecule has 4 nitrogen and oxygen atoms in total. The predicted molar refractivity (Wildman–Crippen MR) is 78.6 cm³/mol. The van der Waals surface area contributed by atoms with Crippen molar-refractivity contribution in [1.29, 1.82) is 0 Å². The first-order chi connectivity index (χ1) is 7.72. The third-order valence-corrected chi connectivity index (χ3v) is 3.87. The molecule has 0 aliphatic carbocycles. The summed E-state index contributed by atoms with van der Waals surface area (Å²) in [6.45, 7) is 5.80. The fourth-order valence-electron chi connectivity index (χ4n) is 2.97. The van der Waals surface area contributed by atoms with Gasteiger partial charge in [-0.2, -0.15) is 0 Å². The number of halogens is 2. The van der Waals surface area contributed by atoms with Crippen LogP contribution in [0.3, 0.4) is 0 Å². The Kier molecular flexibility index (Phi) is 8.19. The van der Waals surface area contributed by atoms with E-state index in [0.29, 0.717) is 25.0 Å². The Bertz CT molecular complexity index is 266. The highest BCUT2D eigenvalue weighted by atomic mass is 35.5. The van der Waals surface area contributed by atoms with E-state index in [0.717, 1.165) is 13.1 Å². The van der Waals surface area contributed by atoms with E-state index in [4.69, 9.17) is 5.73 Å². The van der Waals surface area contributed by atoms with Crippen LogP contribution in [0.15, 0.2) is 0 Å². The second-order valence-corrected chi connectivity index (χ2v) is 5.08. The molecule has 0 bridgehead atoms. The maximum absolute atomic E-state index is 11.9. The zero-order chi connectivity index (χ0) is 11.5. The molecule has 2 unspecified atom stereocenters. The van der Waals surface area contributed by atoms with E-state index in [1.54, 1.807) is 0 Å². The van der Waals surface area contributed by atoms with Crippen LogP contribution < -0.4 is 5.73 Å². The molecule has 2 N–H and O–H groups in total. The molecule has 2 saturated heterocycles. The van der Waals surface area contributed by atoms with Crippen LogP contribution in [0, 0.1) is 0 Å². The number of carbonyl (C=O) groups excluding carboxylic acids is 1. The standard InChI is InChI=1S/C12H23N3O.2ClH/c1-10-8-14-7-3-2-4-11(14)9-15(10)12(16)5-6-13;;/h10-11H,2-9,13H2,1H3;2*1H. The fraction of sp³-hybridized carbons (Fsp3) is 0.917. The summed E-state index contributed by atoms with van der Waals surface area (Å²) in [7, 11) is 0. The normalized spacial score (nSPS) is 27.8. The smallest absolute Gasteiger partial charge is 0.224 e. The number of hydrogen-bond acceptors (Lipinski definition) is 3. The van der Waals surface area contributed by atoms with Gasteiger partial charge in [0, 0.05) is 38.1 Å². The third kappa shape index (κ3) is 3.98. The summed E-state index contributed by atoms with van der Waals surface area (Å²) in [4.78, 5) is 16.5. The number of piperazine rings is 1. The average Bonchev–Trinajstić information content (AvgIpc) is 2.28. The lowest BCUT2D eigenvalue weighted by Gasteiger charge is -2.47. The van der Waals surface area contributed by atoms with Gasteiger partial charge in [0.05, 0.1) is 0 Å². The highest BCUT2D eigenvalue weighted by Crippen LogP contribution is 2.24. The Morgan fingerprint density at radius 2 is 2.00 bits per heavy atom. The van der Waals surface area contributed by atoms with Crippen LogP contribution in [0.25, 0.3) is 0 Å². The summed E-state index contributed by atoms with van der Waals surface area (Å²) in [5, 5.41) is 0. The molecule has 6 heteroatoms. The van der Waals surface area contributed by atoms with E-state index >= 15 is 0 Å². The van der Waals surface area contributed by atoms with E-state index < -0.39 is 0 Å². The largest absolute Gasteiger partial charge is 0.337 e. The molecule has 0 aromatic carbocycles. The lowest BCUT2D eigenvalue weighted by Crippen LogP contribution is -2.60. The maximum atomic E-state index is 11.9. The molecule has 2 atom stereocenters. The van der Waals surface area contributed by atoms with Crippen LogP contribution in [-0.2, 0) is 4.79 Å². The van der Waals surface area contributed by atoms with Crippen molar-refractivity contribution in [2.75, 3.05) is 26.2 Å². The second kappa shape index (κ2) is 8.20. The number of nitrogens with two attached hydrogens (primary N) is 1. The number of hydrogen-bond donors (Lipinski definition) is 1. The molecule has 0 spiro atoms. The van der Waals surface area contributed by atoms with E-state index in [1.165, 1.54) is 25.8 Å². The van der Waals surface area contributed by atoms with Crippen LogP contribution in [0.2, 0.25) is 0 Å². The van der Waals surface area contributed by atoms with Crippen molar-refractivity contribution in [2.24, 2.45) is 5.73 Å². The van der Waals surface area contributed by atoms with Gasteiger partial charge in [-0.25, -0.2) is 0 Å². The van der Waals surface area contributed by atoms with Crippen molar-refractivity contribution in [3.8, 4) is 0 Å². The van der Waals surface area contributed by atoms with E-state index in [1.807, 2.05) is 4.90 Å². The molecule has 0 aromatic rings. The molecule has 2 aliphatic heterocycles. The minimum atomic E-state index is 0. The summed E-state index contributed by atoms with van der Waals surface area (Å²) in [5.74, 6) is 0.236. The highest BCUT2D eigenvalue weighted by molar-refractivity contribution is 5.85. The molecule has 18 heavy (non-hydrogen) atoms. The summed E-state index contributed by atoms with van der Waals surface area (Å²) in [6, 6.07) is 0.958. The zero-order valence-electron chi connectivity index (χ0n) is 11.0. The van der Waals surface area contributed by atoms with E-state index in [2.05, 4.69) is 11.8 Å². The Labute approximate surface area is 122 Å². The second-order valence-electron chi connectivity index (χ2n) is 5.08. The molecule has 0 radical (unpaired) electrons. The molecule has 2 aliphatic rings. The van der Waals surface area contributed by atoms with Crippen LogP contribution in [0.5, 0.6) is 0 Å². The SMILES string of the molecule is CC1CN2CCCCC2CN1C(=O)CCN.Cl.Cl. The summed E-state index contributed by atoms with van der Waals surface area (Å²) in [6.07, 6.45) is 4.38. The van der Waals surface area contributed by atoms with Gasteiger partial charge in [-0.05, 0) is 26.3 Å². The topological polar surface area (TPSA) is 49.6 Å². The van der Waals surface area contributed by atoms with Crippen LogP contribution in [0.4, 0.5) is 0 Å². The average molecular weight is 298 g/mol. The number of amides is 1. The molecule has 1 amide bonds. The van der Waals surface area contributed by atoms with Crippen LogP contribution in [0.1, 0.15) is 32.6 Å². The molecule has 2 heterocycles. The molecule has 2 fully saturated rings. The Hall–Kier alpha value is -0.0300. The van der Waals surface area contributed by atoms with E-state index in [-0.39, 0.29) is 30.7 Å². The van der Waals surface area contributed by atoms with Gasteiger partial charge in [0.1, 0.15) is 0 Å². The Morgan fingerprint density at radius 1 is 1.28 bits per heavy atom. The van der Waals surface area contributed by atoms with Crippen molar-refractivity contribution in [1.82, 2.24) is 9.80 Å². The first kappa shape index (κ1) is 18.0. The predicted octanol–water partition coefficient (Wildman–Crippen LogP) is 1.26. The number of rotatable bonds is 2. The first-order valence-electron chi connectivity index (χ1n) is 6.46. The van der Waals surface area contributed by atoms with Crippen molar-refractivity contribution in [2.45, 2.75) is 44.7 Å². The third-order valence-electron chi connectivity index (χ3n) is 3.87. The maximum Gasteiger partial charge on any atom is 0.224 e. The van der Waals surface area contributed by atoms with Crippen LogP contribution >= 0.6 is 24.8 Å². The Morgan fingerprint density at radius 3 is 2.67 bits per heavy atom. The van der Waals surface area contributed by atoms with Gasteiger partial charge in [-0.1, -0.05) is 6.42 Å². The van der Waals surface area contributed by atoms with Crippen molar-refractivity contribution in [3.63, 3.8) is 0 Å². The van der Waals surface area contributed by atoms with Gasteiger partial charge in [0.15, 0.2) is 0 Å². The van der Waals surface area contributed by atoms with Gasteiger partial charge >= 0.3 is 0 Å². The fourth-order valence-corrected chi connectivity index (χ4v) is 2.97. The minimum absolute atomic E-state index is 0. The number of nitrogens with zero attached hydrogens (tertiary/aromatic N) is 2. The van der Waals surface area contributed by atoms with Crippen LogP contribution in [-0.4, -0.2) is 54.0 Å². The highest BCUT2D eigenvalue weighted by Gasteiger charge is 2.34. The molecular formula is C12H25Cl2N3O. The van der Waals surface area contributed by atoms with Gasteiger partial charge in [0.25, 0.3) is 0 Å². The zero-order valence-corrected chi connectivity index (χ0v) is 12.6. The van der Waals surface area contributed by atoms with Crippen molar-refractivity contribution in [3.05, 3.63) is 0 Å². The van der Waals surface area contributed by atoms with Gasteiger partial charge in [0.2, 0.25) is 5.91 Å². The molecule has 0 saturated carbocycles. The summed E-state index contributed by atoms with van der Waals surface area (Å²) < 4.78 is 0. The van der Waals surface area contributed by atoms with Gasteiger partial charge in [-0.3, -0.25) is 9.69 Å². The molecule has 0 aromatic heterocycles. The molecule has 108 valence electrons. The minimum Gasteiger partial charge on any atom is -0.337 e. The summed E-state index contributed by atoms with van der Waals surface area (Å²) in [5.41, 5.74) is 5.46. The number of fused-ring (bicyclic) bond motifs is 1. The molecule has 2 rings (SSSR count). The molecular weight excluding hydrogens is 273 g/mol. The van der Waals surface area contributed by atoms with Crippen molar-refractivity contribution < 1.29 is 4.79 Å². The lowest BCUT2D eigenvalue weighted by molar-refractivity contribution is -0.137. The quantitative estimate of drug-likeness (QED) is 0.835. The van der Waals surface area contributed by atoms with E-state index in [9.17, 15) is 4.79 Å². The Balaban J connectivity index is 0.00000144. The first-order valence-corrected chi connectivity index (χ1v) is 6.46. The lowest BCUT2D eigenvalue weighted by atomic mass is 9.97. The number of carbonyl (C=O) groups is 1. The number of piperidine rings is 1. The summed E-state index contributed by atoms with van der Waals surface area (Å²) >= 11 is 0. The van der Waals surface area contributed by atoms with Gasteiger partial charge < -0.3 is 10.6 Å². The van der Waals surface area contributed by atoms with Gasteiger partial charge in [-0.15, -0.1) is 24.8 Å².